The molecule has 7 heteroatoms. The van der Waals surface area contributed by atoms with Crippen LogP contribution in [0.2, 0.25) is 0 Å². The van der Waals surface area contributed by atoms with Gasteiger partial charge in [0.1, 0.15) is 11.3 Å². The summed E-state index contributed by atoms with van der Waals surface area (Å²) >= 11 is 0. The van der Waals surface area contributed by atoms with Crippen LogP contribution >= 0.6 is 0 Å². The molecule has 4 rings (SSSR count). The van der Waals surface area contributed by atoms with Gasteiger partial charge in [-0.25, -0.2) is 4.98 Å². The first-order valence-corrected chi connectivity index (χ1v) is 9.00. The summed E-state index contributed by atoms with van der Waals surface area (Å²) in [6.07, 6.45) is 6.52. The van der Waals surface area contributed by atoms with Gasteiger partial charge in [-0.3, -0.25) is 0 Å². The van der Waals surface area contributed by atoms with Crippen molar-refractivity contribution >= 4 is 22.9 Å². The van der Waals surface area contributed by atoms with E-state index < -0.39 is 0 Å². The molecule has 2 heterocycles. The van der Waals surface area contributed by atoms with E-state index in [0.717, 1.165) is 30.8 Å². The Kier molecular flexibility index (Phi) is 4.36. The van der Waals surface area contributed by atoms with Gasteiger partial charge < -0.3 is 19.9 Å². The number of benzene rings is 1. The number of rotatable bonds is 5. The van der Waals surface area contributed by atoms with Gasteiger partial charge in [0, 0.05) is 19.6 Å². The van der Waals surface area contributed by atoms with Crippen LogP contribution < -0.4 is 15.4 Å². The number of anilines is 2. The van der Waals surface area contributed by atoms with Crippen LogP contribution in [0.1, 0.15) is 31.2 Å². The molecule has 0 saturated heterocycles. The van der Waals surface area contributed by atoms with E-state index in [-0.39, 0.29) is 0 Å². The SMILES string of the molecule is COc1ccc(CN(c2nc(N)c3ncn(C)c3n2)C2CCCC2)cc1. The lowest BCUT2D eigenvalue weighted by Gasteiger charge is -2.29. The van der Waals surface area contributed by atoms with Crippen LogP contribution in [0, 0.1) is 0 Å². The molecule has 1 fully saturated rings. The van der Waals surface area contributed by atoms with E-state index in [4.69, 9.17) is 15.5 Å². The van der Waals surface area contributed by atoms with Crippen LogP contribution in [0.4, 0.5) is 11.8 Å². The molecular weight excluding hydrogens is 328 g/mol. The lowest BCUT2D eigenvalue weighted by Crippen LogP contribution is -2.34. The molecule has 1 aliphatic carbocycles. The van der Waals surface area contributed by atoms with Gasteiger partial charge in [-0.15, -0.1) is 0 Å². The second-order valence-electron chi connectivity index (χ2n) is 6.85. The standard InChI is InChI=1S/C19H24N6O/c1-24-12-21-16-17(20)22-19(23-18(16)24)25(14-5-3-4-6-14)11-13-7-9-15(26-2)10-8-13/h7-10,12,14H,3-6,11H2,1-2H3,(H2,20,22,23). The van der Waals surface area contributed by atoms with Crippen molar-refractivity contribution in [2.24, 2.45) is 7.05 Å². The number of fused-ring (bicyclic) bond motifs is 1. The van der Waals surface area contributed by atoms with Gasteiger partial charge in [0.15, 0.2) is 11.5 Å². The predicted octanol–water partition coefficient (Wildman–Crippen LogP) is 2.90. The highest BCUT2D eigenvalue weighted by molar-refractivity contribution is 5.82. The highest BCUT2D eigenvalue weighted by Crippen LogP contribution is 2.30. The van der Waals surface area contributed by atoms with E-state index in [1.807, 2.05) is 23.7 Å². The average molecular weight is 352 g/mol. The summed E-state index contributed by atoms with van der Waals surface area (Å²) < 4.78 is 7.15. The molecule has 26 heavy (non-hydrogen) atoms. The topological polar surface area (TPSA) is 82.1 Å². The third-order valence-corrected chi connectivity index (χ3v) is 5.11. The van der Waals surface area contributed by atoms with Gasteiger partial charge in [-0.1, -0.05) is 25.0 Å². The zero-order chi connectivity index (χ0) is 18.1. The van der Waals surface area contributed by atoms with Crippen LogP contribution in [0.3, 0.4) is 0 Å². The van der Waals surface area contributed by atoms with E-state index >= 15 is 0 Å². The molecule has 0 atom stereocenters. The molecule has 0 amide bonds. The third kappa shape index (κ3) is 3.05. The number of nitrogens with two attached hydrogens (primary N) is 1. The Hall–Kier alpha value is -2.83. The number of nitrogen functional groups attached to an aromatic ring is 1. The Morgan fingerprint density at radius 2 is 1.92 bits per heavy atom. The molecular formula is C19H24N6O. The van der Waals surface area contributed by atoms with Gasteiger partial charge >= 0.3 is 0 Å². The molecule has 2 aromatic heterocycles. The van der Waals surface area contributed by atoms with Crippen LogP contribution in [-0.4, -0.2) is 32.7 Å². The van der Waals surface area contributed by atoms with Crippen LogP contribution in [0.15, 0.2) is 30.6 Å². The maximum Gasteiger partial charge on any atom is 0.230 e. The minimum absolute atomic E-state index is 0.433. The molecule has 1 saturated carbocycles. The van der Waals surface area contributed by atoms with Crippen LogP contribution in [0.25, 0.3) is 11.2 Å². The summed E-state index contributed by atoms with van der Waals surface area (Å²) in [5.74, 6) is 1.97. The Morgan fingerprint density at radius 1 is 1.19 bits per heavy atom. The molecule has 0 spiro atoms. The number of methoxy groups -OCH3 is 1. The van der Waals surface area contributed by atoms with Crippen molar-refractivity contribution in [2.75, 3.05) is 17.7 Å². The zero-order valence-electron chi connectivity index (χ0n) is 15.2. The van der Waals surface area contributed by atoms with Crippen molar-refractivity contribution in [1.29, 1.82) is 0 Å². The number of aryl methyl sites for hydroxylation is 1. The second-order valence-corrected chi connectivity index (χ2v) is 6.85. The van der Waals surface area contributed by atoms with Crippen molar-refractivity contribution in [3.63, 3.8) is 0 Å². The van der Waals surface area contributed by atoms with Gasteiger partial charge in [0.2, 0.25) is 5.95 Å². The van der Waals surface area contributed by atoms with Gasteiger partial charge in [0.05, 0.1) is 13.4 Å². The fraction of sp³-hybridized carbons (Fsp3) is 0.421. The molecule has 7 nitrogen and oxygen atoms in total. The van der Waals surface area contributed by atoms with E-state index in [9.17, 15) is 0 Å². The van der Waals surface area contributed by atoms with E-state index in [1.165, 1.54) is 18.4 Å². The van der Waals surface area contributed by atoms with Crippen LogP contribution in [-0.2, 0) is 13.6 Å². The summed E-state index contributed by atoms with van der Waals surface area (Å²) in [5.41, 5.74) is 8.80. The first-order valence-electron chi connectivity index (χ1n) is 9.00. The average Bonchev–Trinajstić information content (AvgIpc) is 3.31. The summed E-state index contributed by atoms with van der Waals surface area (Å²) in [5, 5.41) is 0. The fourth-order valence-electron chi connectivity index (χ4n) is 3.65. The molecule has 1 aromatic carbocycles. The molecule has 1 aliphatic rings. The number of imidazole rings is 1. The number of aromatic nitrogens is 4. The molecule has 0 unspecified atom stereocenters. The van der Waals surface area contributed by atoms with Gasteiger partial charge in [-0.05, 0) is 30.5 Å². The Morgan fingerprint density at radius 3 is 2.62 bits per heavy atom. The second kappa shape index (κ2) is 6.82. The van der Waals surface area contributed by atoms with Crippen molar-refractivity contribution in [2.45, 2.75) is 38.3 Å². The smallest absolute Gasteiger partial charge is 0.230 e. The highest BCUT2D eigenvalue weighted by atomic mass is 16.5. The Labute approximate surface area is 152 Å². The first kappa shape index (κ1) is 16.6. The lowest BCUT2D eigenvalue weighted by atomic mass is 10.1. The van der Waals surface area contributed by atoms with E-state index in [0.29, 0.717) is 23.3 Å². The molecule has 0 aliphatic heterocycles. The summed E-state index contributed by atoms with van der Waals surface area (Å²) in [6.45, 7) is 0.747. The first-order chi connectivity index (χ1) is 12.7. The van der Waals surface area contributed by atoms with Crippen LogP contribution in [0.5, 0.6) is 5.75 Å². The minimum Gasteiger partial charge on any atom is -0.497 e. The monoisotopic (exact) mass is 352 g/mol. The number of hydrogen-bond donors (Lipinski definition) is 1. The molecule has 3 aromatic rings. The van der Waals surface area contributed by atoms with Crippen molar-refractivity contribution in [1.82, 2.24) is 19.5 Å². The van der Waals surface area contributed by atoms with Gasteiger partial charge in [0.25, 0.3) is 0 Å². The molecule has 2 N–H and O–H groups in total. The maximum atomic E-state index is 6.17. The Bertz CT molecular complexity index is 898. The van der Waals surface area contributed by atoms with Gasteiger partial charge in [-0.2, -0.15) is 9.97 Å². The van der Waals surface area contributed by atoms with Crippen molar-refractivity contribution in [3.05, 3.63) is 36.2 Å². The third-order valence-electron chi connectivity index (χ3n) is 5.11. The summed E-state index contributed by atoms with van der Waals surface area (Å²) in [4.78, 5) is 16.0. The summed E-state index contributed by atoms with van der Waals surface area (Å²) in [6, 6.07) is 8.59. The summed E-state index contributed by atoms with van der Waals surface area (Å²) in [7, 11) is 3.61. The maximum absolute atomic E-state index is 6.17. The number of hydrogen-bond acceptors (Lipinski definition) is 6. The number of nitrogens with zero attached hydrogens (tertiary/aromatic N) is 5. The fourth-order valence-corrected chi connectivity index (χ4v) is 3.65. The zero-order valence-corrected chi connectivity index (χ0v) is 15.2. The Balaban J connectivity index is 1.71. The molecule has 0 radical (unpaired) electrons. The molecule has 136 valence electrons. The highest BCUT2D eigenvalue weighted by Gasteiger charge is 2.26. The number of ether oxygens (including phenoxy) is 1. The quantitative estimate of drug-likeness (QED) is 0.760. The predicted molar refractivity (Wildman–Crippen MR) is 102 cm³/mol. The molecule has 0 bridgehead atoms. The largest absolute Gasteiger partial charge is 0.497 e. The van der Waals surface area contributed by atoms with Crippen molar-refractivity contribution in [3.8, 4) is 5.75 Å². The lowest BCUT2D eigenvalue weighted by molar-refractivity contribution is 0.414. The normalized spacial score (nSPS) is 14.8. The minimum atomic E-state index is 0.433. The van der Waals surface area contributed by atoms with E-state index in [2.05, 4.69) is 27.0 Å². The van der Waals surface area contributed by atoms with E-state index in [1.54, 1.807) is 13.4 Å². The van der Waals surface area contributed by atoms with Crippen molar-refractivity contribution < 1.29 is 4.74 Å².